The molecule has 0 aliphatic heterocycles. The van der Waals surface area contributed by atoms with Crippen LogP contribution < -0.4 is 21.7 Å². The molecule has 10 nitrogen and oxygen atoms in total. The molecule has 0 aromatic heterocycles. The molecule has 184 valence electrons. The maximum Gasteiger partial charge on any atom is 0.408 e. The Labute approximate surface area is 205 Å². The maximum absolute atomic E-state index is 13.1. The van der Waals surface area contributed by atoms with Gasteiger partial charge in [0.25, 0.3) is 0 Å². The van der Waals surface area contributed by atoms with E-state index in [0.29, 0.717) is 22.2 Å². The molecule has 33 heavy (non-hydrogen) atoms. The van der Waals surface area contributed by atoms with Crippen LogP contribution in [0.5, 0.6) is 5.75 Å². The Morgan fingerprint density at radius 3 is 2.36 bits per heavy atom. The number of alkyl carbamates (subject to hydrolysis) is 1. The van der Waals surface area contributed by atoms with Gasteiger partial charge in [-0.05, 0) is 72.8 Å². The summed E-state index contributed by atoms with van der Waals surface area (Å²) < 4.78 is 5.70. The first-order valence-electron chi connectivity index (χ1n) is 10.1. The minimum Gasteiger partial charge on any atom is -0.507 e. The summed E-state index contributed by atoms with van der Waals surface area (Å²) >= 11 is 4.71. The van der Waals surface area contributed by atoms with Crippen molar-refractivity contribution in [3.63, 3.8) is 0 Å². The number of rotatable bonds is 11. The summed E-state index contributed by atoms with van der Waals surface area (Å²) in [5, 5.41) is 17.3. The Kier molecular flexibility index (Phi) is 11.5. The lowest BCUT2D eigenvalue weighted by Gasteiger charge is -2.25. The lowest BCUT2D eigenvalue weighted by Crippen LogP contribution is -2.55. The van der Waals surface area contributed by atoms with Gasteiger partial charge in [-0.1, -0.05) is 6.07 Å². The van der Waals surface area contributed by atoms with Gasteiger partial charge in [0.1, 0.15) is 23.4 Å². The Hall–Kier alpha value is -2.47. The van der Waals surface area contributed by atoms with Crippen molar-refractivity contribution in [2.24, 2.45) is 5.73 Å². The van der Waals surface area contributed by atoms with Gasteiger partial charge in [0.05, 0.1) is 11.0 Å². The number of nitrogens with one attached hydrogen (secondary N) is 3. The van der Waals surface area contributed by atoms with E-state index in [4.69, 9.17) is 10.5 Å². The molecule has 1 rings (SSSR count). The van der Waals surface area contributed by atoms with E-state index < -0.39 is 41.5 Å². The third-order valence-corrected chi connectivity index (χ3v) is 5.42. The van der Waals surface area contributed by atoms with E-state index in [-0.39, 0.29) is 18.7 Å². The first-order valence-corrected chi connectivity index (χ1v) is 12.3. The summed E-state index contributed by atoms with van der Waals surface area (Å²) in [5.74, 6) is -1.27. The molecule has 2 atom stereocenters. The third kappa shape index (κ3) is 11.3. The van der Waals surface area contributed by atoms with Gasteiger partial charge in [0.2, 0.25) is 17.7 Å². The number of phenolic OH excluding ortho intramolecular Hbond substituents is 1. The zero-order valence-electron chi connectivity index (χ0n) is 19.1. The number of hydrogen-bond donors (Lipinski definition) is 5. The molecular weight excluding hydrogens is 516 g/mol. The number of benzene rings is 1. The number of thioether (sulfide) groups is 1. The van der Waals surface area contributed by atoms with Crippen LogP contribution in [0.25, 0.3) is 0 Å². The van der Waals surface area contributed by atoms with Gasteiger partial charge >= 0.3 is 6.09 Å². The fourth-order valence-electron chi connectivity index (χ4n) is 2.65. The molecule has 4 amide bonds. The molecule has 0 heterocycles. The average Bonchev–Trinajstić information content (AvgIpc) is 2.69. The molecule has 0 saturated heterocycles. The van der Waals surface area contributed by atoms with E-state index >= 15 is 0 Å². The van der Waals surface area contributed by atoms with Crippen molar-refractivity contribution in [3.8, 4) is 5.75 Å². The van der Waals surface area contributed by atoms with Gasteiger partial charge in [-0.3, -0.25) is 14.4 Å². The number of amides is 4. The van der Waals surface area contributed by atoms with Crippen molar-refractivity contribution in [3.05, 3.63) is 28.2 Å². The average molecular weight is 547 g/mol. The number of carbonyl (C=O) groups excluding carboxylic acids is 4. The fraction of sp³-hybridized carbons (Fsp3) is 0.524. The van der Waals surface area contributed by atoms with Crippen molar-refractivity contribution in [1.29, 1.82) is 0 Å². The predicted octanol–water partition coefficient (Wildman–Crippen LogP) is 1.43. The summed E-state index contributed by atoms with van der Waals surface area (Å²) in [4.78, 5) is 48.9. The summed E-state index contributed by atoms with van der Waals surface area (Å²) in [6.07, 6.45) is 1.44. The molecule has 0 aliphatic rings. The van der Waals surface area contributed by atoms with E-state index in [0.717, 1.165) is 0 Å². The maximum atomic E-state index is 13.1. The monoisotopic (exact) mass is 546 g/mol. The molecule has 0 bridgehead atoms. The molecule has 0 aliphatic carbocycles. The van der Waals surface area contributed by atoms with Gasteiger partial charge in [-0.15, -0.1) is 0 Å². The molecule has 1 aromatic carbocycles. The van der Waals surface area contributed by atoms with Gasteiger partial charge in [-0.2, -0.15) is 11.8 Å². The van der Waals surface area contributed by atoms with Crippen LogP contribution in [-0.2, 0) is 25.5 Å². The molecule has 1 aromatic rings. The normalized spacial score (nSPS) is 12.9. The van der Waals surface area contributed by atoms with Crippen molar-refractivity contribution in [2.45, 2.75) is 51.3 Å². The highest BCUT2D eigenvalue weighted by Crippen LogP contribution is 2.25. The molecule has 0 spiro atoms. The number of halogens is 1. The lowest BCUT2D eigenvalue weighted by atomic mass is 10.0. The summed E-state index contributed by atoms with van der Waals surface area (Å²) in [5.41, 5.74) is 4.95. The van der Waals surface area contributed by atoms with Crippen LogP contribution in [0, 0.1) is 0 Å². The van der Waals surface area contributed by atoms with Gasteiger partial charge in [0.15, 0.2) is 0 Å². The summed E-state index contributed by atoms with van der Waals surface area (Å²) in [6.45, 7) is 4.73. The van der Waals surface area contributed by atoms with Crippen LogP contribution in [0.2, 0.25) is 0 Å². The standard InChI is InChI=1S/C21H31BrN4O6S/c1-21(2,3)32-20(31)26-15(10-12-5-6-16(27)13(22)9-12)19(30)25-14(7-8-33-4)18(29)24-11-17(23)28/h5-6,9,14-15,27H,7-8,10-11H2,1-4H3,(H2,23,28)(H,24,29)(H,25,30)(H,26,31). The van der Waals surface area contributed by atoms with Gasteiger partial charge in [-0.25, -0.2) is 4.79 Å². The molecular formula is C21H31BrN4O6S. The minimum absolute atomic E-state index is 0.0307. The molecule has 0 fully saturated rings. The van der Waals surface area contributed by atoms with Crippen LogP contribution in [-0.4, -0.2) is 65.2 Å². The number of ether oxygens (including phenoxy) is 1. The second kappa shape index (κ2) is 13.3. The summed E-state index contributed by atoms with van der Waals surface area (Å²) in [6, 6.07) is 2.69. The molecule has 2 unspecified atom stereocenters. The number of aromatic hydroxyl groups is 1. The second-order valence-corrected chi connectivity index (χ2v) is 10.1. The Morgan fingerprint density at radius 2 is 1.82 bits per heavy atom. The van der Waals surface area contributed by atoms with Crippen molar-refractivity contribution >= 4 is 51.5 Å². The highest BCUT2D eigenvalue weighted by atomic mass is 79.9. The number of nitrogens with two attached hydrogens (primary N) is 1. The Bertz CT molecular complexity index is 862. The van der Waals surface area contributed by atoms with E-state index in [9.17, 15) is 24.3 Å². The van der Waals surface area contributed by atoms with E-state index in [1.807, 2.05) is 6.26 Å². The highest BCUT2D eigenvalue weighted by molar-refractivity contribution is 9.10. The van der Waals surface area contributed by atoms with Crippen molar-refractivity contribution in [2.75, 3.05) is 18.6 Å². The first kappa shape index (κ1) is 28.6. The SMILES string of the molecule is CSCCC(NC(=O)C(Cc1ccc(O)c(Br)c1)NC(=O)OC(C)(C)C)C(=O)NCC(N)=O. The number of primary amides is 1. The highest BCUT2D eigenvalue weighted by Gasteiger charge is 2.28. The van der Waals surface area contributed by atoms with Gasteiger partial charge in [0, 0.05) is 6.42 Å². The van der Waals surface area contributed by atoms with Crippen molar-refractivity contribution < 1.29 is 29.0 Å². The van der Waals surface area contributed by atoms with E-state index in [1.54, 1.807) is 32.9 Å². The molecule has 0 saturated carbocycles. The predicted molar refractivity (Wildman–Crippen MR) is 130 cm³/mol. The number of carbonyl (C=O) groups is 4. The Balaban J connectivity index is 3.06. The third-order valence-electron chi connectivity index (χ3n) is 4.14. The second-order valence-electron chi connectivity index (χ2n) is 8.22. The van der Waals surface area contributed by atoms with Crippen molar-refractivity contribution in [1.82, 2.24) is 16.0 Å². The molecule has 6 N–H and O–H groups in total. The van der Waals surface area contributed by atoms with Gasteiger partial charge < -0.3 is 31.5 Å². The van der Waals surface area contributed by atoms with Crippen LogP contribution in [0.1, 0.15) is 32.8 Å². The first-order chi connectivity index (χ1) is 15.3. The van der Waals surface area contributed by atoms with E-state index in [2.05, 4.69) is 31.9 Å². The number of phenols is 1. The van der Waals surface area contributed by atoms with Crippen LogP contribution in [0.15, 0.2) is 22.7 Å². The minimum atomic E-state index is -1.07. The quantitative estimate of drug-likeness (QED) is 0.280. The Morgan fingerprint density at radius 1 is 1.15 bits per heavy atom. The zero-order chi connectivity index (χ0) is 25.2. The molecule has 12 heteroatoms. The van der Waals surface area contributed by atoms with Crippen LogP contribution in [0.3, 0.4) is 0 Å². The van der Waals surface area contributed by atoms with Crippen LogP contribution >= 0.6 is 27.7 Å². The topological polar surface area (TPSA) is 160 Å². The molecule has 0 radical (unpaired) electrons. The van der Waals surface area contributed by atoms with Crippen LogP contribution in [0.4, 0.5) is 4.79 Å². The summed E-state index contributed by atoms with van der Waals surface area (Å²) in [7, 11) is 0. The lowest BCUT2D eigenvalue weighted by molar-refractivity contribution is -0.130. The largest absolute Gasteiger partial charge is 0.507 e. The smallest absolute Gasteiger partial charge is 0.408 e. The fourth-order valence-corrected chi connectivity index (χ4v) is 3.54. The zero-order valence-corrected chi connectivity index (χ0v) is 21.5. The van der Waals surface area contributed by atoms with E-state index in [1.165, 1.54) is 17.8 Å². The number of hydrogen-bond acceptors (Lipinski definition) is 7.